The first-order valence-corrected chi connectivity index (χ1v) is 11.0. The molecule has 0 unspecified atom stereocenters. The number of rotatable bonds is 7. The quantitative estimate of drug-likeness (QED) is 0.387. The van der Waals surface area contributed by atoms with E-state index in [0.717, 1.165) is 17.1 Å². The highest BCUT2D eigenvalue weighted by Gasteiger charge is 2.33. The van der Waals surface area contributed by atoms with Crippen molar-refractivity contribution in [2.24, 2.45) is 11.7 Å². The highest BCUT2D eigenvalue weighted by Crippen LogP contribution is 2.19. The van der Waals surface area contributed by atoms with E-state index >= 15 is 0 Å². The Labute approximate surface area is 172 Å². The van der Waals surface area contributed by atoms with Crippen LogP contribution in [-0.4, -0.2) is 42.5 Å². The Balaban J connectivity index is 0.000000887. The van der Waals surface area contributed by atoms with Crippen molar-refractivity contribution in [3.05, 3.63) is 35.4 Å². The third kappa shape index (κ3) is 13.5. The third-order valence-electron chi connectivity index (χ3n) is 2.81. The van der Waals surface area contributed by atoms with Gasteiger partial charge in [0.2, 0.25) is 5.78 Å². The zero-order chi connectivity index (χ0) is 21.6. The Bertz CT molecular complexity index is 666. The highest BCUT2D eigenvalue weighted by molar-refractivity contribution is 8.76. The second-order valence-electron chi connectivity index (χ2n) is 5.74. The standard InChI is InChI=1S/C16H22N2OS2.C3H3F3O/c1-13(2)3-4-14-5-7-15(8-6-14)16(19)18-10-12-21-20-11-9-17;1-2(7)3(4,5)6/h5-8,13H,9-12,17H2,1-2H3,(H,18,19);1H3. The third-order valence-corrected chi connectivity index (χ3v) is 5.25. The Kier molecular flexibility index (Phi) is 13.5. The Morgan fingerprint density at radius 1 is 1.14 bits per heavy atom. The van der Waals surface area contributed by atoms with E-state index in [1.165, 1.54) is 0 Å². The fourth-order valence-electron chi connectivity index (χ4n) is 1.41. The number of nitrogens with one attached hydrogen (secondary N) is 1. The van der Waals surface area contributed by atoms with Crippen LogP contribution in [0.3, 0.4) is 0 Å². The van der Waals surface area contributed by atoms with Gasteiger partial charge in [0.1, 0.15) is 0 Å². The van der Waals surface area contributed by atoms with Crippen LogP contribution in [0.25, 0.3) is 0 Å². The zero-order valence-electron chi connectivity index (χ0n) is 16.1. The maximum Gasteiger partial charge on any atom is 0.449 e. The lowest BCUT2D eigenvalue weighted by Gasteiger charge is -2.05. The Morgan fingerprint density at radius 3 is 2.14 bits per heavy atom. The van der Waals surface area contributed by atoms with Crippen LogP contribution in [0.4, 0.5) is 13.2 Å². The van der Waals surface area contributed by atoms with Gasteiger partial charge in [-0.3, -0.25) is 9.59 Å². The molecule has 1 rings (SSSR count). The highest BCUT2D eigenvalue weighted by atomic mass is 33.1. The first-order valence-electron chi connectivity index (χ1n) is 8.50. The molecule has 156 valence electrons. The minimum atomic E-state index is -4.64. The SMILES string of the molecule is CC(=O)C(F)(F)F.CC(C)C#Cc1ccc(C(=O)NCCSSCCN)cc1. The van der Waals surface area contributed by atoms with E-state index in [9.17, 15) is 22.8 Å². The number of carbonyl (C=O) groups is 2. The summed E-state index contributed by atoms with van der Waals surface area (Å²) in [5.74, 6) is 6.57. The van der Waals surface area contributed by atoms with E-state index in [2.05, 4.69) is 31.0 Å². The topological polar surface area (TPSA) is 72.2 Å². The van der Waals surface area contributed by atoms with Gasteiger partial charge in [-0.15, -0.1) is 0 Å². The lowest BCUT2D eigenvalue weighted by Crippen LogP contribution is -2.25. The molecule has 28 heavy (non-hydrogen) atoms. The molecule has 0 aliphatic heterocycles. The summed E-state index contributed by atoms with van der Waals surface area (Å²) in [6.07, 6.45) is -4.64. The van der Waals surface area contributed by atoms with E-state index in [0.29, 0.717) is 31.5 Å². The average Bonchev–Trinajstić information content (AvgIpc) is 2.62. The van der Waals surface area contributed by atoms with Crippen molar-refractivity contribution in [1.29, 1.82) is 0 Å². The summed E-state index contributed by atoms with van der Waals surface area (Å²) >= 11 is 0. The van der Waals surface area contributed by atoms with Crippen molar-refractivity contribution in [2.75, 3.05) is 24.6 Å². The molecule has 0 saturated carbocycles. The maximum absolute atomic E-state index is 11.9. The number of carbonyl (C=O) groups excluding carboxylic acids is 2. The summed E-state index contributed by atoms with van der Waals surface area (Å²) < 4.78 is 32.5. The van der Waals surface area contributed by atoms with Crippen LogP contribution in [0.1, 0.15) is 36.7 Å². The molecule has 0 aliphatic rings. The molecular weight excluding hydrogens is 409 g/mol. The van der Waals surface area contributed by atoms with Crippen LogP contribution in [0.2, 0.25) is 0 Å². The van der Waals surface area contributed by atoms with Crippen molar-refractivity contribution in [1.82, 2.24) is 5.32 Å². The number of hydrogen-bond acceptors (Lipinski definition) is 5. The number of hydrogen-bond donors (Lipinski definition) is 2. The molecule has 1 aromatic rings. The van der Waals surface area contributed by atoms with Crippen molar-refractivity contribution < 1.29 is 22.8 Å². The van der Waals surface area contributed by atoms with E-state index in [1.807, 2.05) is 24.3 Å². The Hall–Kier alpha value is -1.63. The number of ketones is 1. The van der Waals surface area contributed by atoms with Crippen molar-refractivity contribution in [2.45, 2.75) is 26.9 Å². The summed E-state index contributed by atoms with van der Waals surface area (Å²) in [6.45, 7) is 5.95. The molecule has 3 N–H and O–H groups in total. The minimum Gasteiger partial charge on any atom is -0.351 e. The van der Waals surface area contributed by atoms with Crippen LogP contribution >= 0.6 is 21.6 Å². The van der Waals surface area contributed by atoms with Gasteiger partial charge >= 0.3 is 6.18 Å². The average molecular weight is 435 g/mol. The van der Waals surface area contributed by atoms with Gasteiger partial charge in [-0.25, -0.2) is 0 Å². The van der Waals surface area contributed by atoms with Gasteiger partial charge in [0.25, 0.3) is 5.91 Å². The van der Waals surface area contributed by atoms with Gasteiger partial charge in [-0.1, -0.05) is 47.3 Å². The van der Waals surface area contributed by atoms with Crippen molar-refractivity contribution in [3.63, 3.8) is 0 Å². The number of benzene rings is 1. The van der Waals surface area contributed by atoms with Gasteiger partial charge in [-0.2, -0.15) is 13.2 Å². The summed E-state index contributed by atoms with van der Waals surface area (Å²) in [4.78, 5) is 21.3. The molecule has 0 aromatic heterocycles. The molecule has 0 saturated heterocycles. The predicted octanol–water partition coefficient (Wildman–Crippen LogP) is 3.90. The molecule has 0 fully saturated rings. The molecular formula is C19H25F3N2O2S2. The minimum absolute atomic E-state index is 0.0391. The largest absolute Gasteiger partial charge is 0.449 e. The number of halogens is 3. The van der Waals surface area contributed by atoms with E-state index < -0.39 is 12.0 Å². The summed E-state index contributed by atoms with van der Waals surface area (Å²) in [5.41, 5.74) is 7.01. The van der Waals surface area contributed by atoms with Gasteiger partial charge < -0.3 is 11.1 Å². The number of Topliss-reactive ketones (excluding diaryl/α,β-unsaturated/α-hetero) is 1. The molecule has 0 radical (unpaired) electrons. The number of amides is 1. The molecule has 0 atom stereocenters. The summed E-state index contributed by atoms with van der Waals surface area (Å²) in [5, 5.41) is 2.91. The molecule has 4 nitrogen and oxygen atoms in total. The van der Waals surface area contributed by atoms with Crippen LogP contribution < -0.4 is 11.1 Å². The van der Waals surface area contributed by atoms with Crippen LogP contribution in [0.5, 0.6) is 0 Å². The maximum atomic E-state index is 11.9. The van der Waals surface area contributed by atoms with E-state index in [4.69, 9.17) is 5.73 Å². The lowest BCUT2D eigenvalue weighted by atomic mass is 10.1. The lowest BCUT2D eigenvalue weighted by molar-refractivity contribution is -0.168. The number of alkyl halides is 3. The smallest absolute Gasteiger partial charge is 0.351 e. The van der Waals surface area contributed by atoms with Gasteiger partial charge in [0.15, 0.2) is 0 Å². The van der Waals surface area contributed by atoms with Gasteiger partial charge in [0.05, 0.1) is 0 Å². The molecule has 1 amide bonds. The van der Waals surface area contributed by atoms with Crippen molar-refractivity contribution in [3.8, 4) is 11.8 Å². The Morgan fingerprint density at radius 2 is 1.68 bits per heavy atom. The van der Waals surface area contributed by atoms with Crippen molar-refractivity contribution >= 4 is 33.3 Å². The first kappa shape index (κ1) is 26.4. The number of nitrogens with two attached hydrogens (primary N) is 1. The van der Waals surface area contributed by atoms with Gasteiger partial charge in [-0.05, 0) is 24.3 Å². The first-order chi connectivity index (χ1) is 13.1. The zero-order valence-corrected chi connectivity index (χ0v) is 17.7. The van der Waals surface area contributed by atoms with Crippen LogP contribution in [-0.2, 0) is 4.79 Å². The van der Waals surface area contributed by atoms with Crippen LogP contribution in [0, 0.1) is 17.8 Å². The molecule has 0 bridgehead atoms. The monoisotopic (exact) mass is 434 g/mol. The van der Waals surface area contributed by atoms with Crippen LogP contribution in [0.15, 0.2) is 24.3 Å². The normalized spacial score (nSPS) is 10.4. The molecule has 0 spiro atoms. The predicted molar refractivity (Wildman–Crippen MR) is 111 cm³/mol. The second-order valence-corrected chi connectivity index (χ2v) is 8.45. The second kappa shape index (κ2) is 14.4. The van der Waals surface area contributed by atoms with E-state index in [1.54, 1.807) is 21.6 Å². The molecule has 0 aliphatic carbocycles. The molecule has 0 heterocycles. The summed E-state index contributed by atoms with van der Waals surface area (Å²) in [7, 11) is 3.47. The molecule has 1 aromatic carbocycles. The van der Waals surface area contributed by atoms with E-state index in [-0.39, 0.29) is 5.91 Å². The molecule has 9 heteroatoms. The van der Waals surface area contributed by atoms with Gasteiger partial charge in [0, 0.05) is 48.6 Å². The fraction of sp³-hybridized carbons (Fsp3) is 0.474. The summed E-state index contributed by atoms with van der Waals surface area (Å²) in [6, 6.07) is 7.40. The fourth-order valence-corrected chi connectivity index (χ4v) is 3.17.